The molecule has 0 aromatic heterocycles. The summed E-state index contributed by atoms with van der Waals surface area (Å²) in [5.41, 5.74) is 6.29. The van der Waals surface area contributed by atoms with E-state index in [1.807, 2.05) is 43.3 Å². The minimum absolute atomic E-state index is 0.526. The zero-order chi connectivity index (χ0) is 19.2. The van der Waals surface area contributed by atoms with Gasteiger partial charge in [0.1, 0.15) is 12.4 Å². The lowest BCUT2D eigenvalue weighted by atomic mass is 9.97. The van der Waals surface area contributed by atoms with Crippen molar-refractivity contribution in [3.8, 4) is 16.9 Å². The summed E-state index contributed by atoms with van der Waals surface area (Å²) in [6, 6.07) is 16.5. The maximum Gasteiger partial charge on any atom is 0.328 e. The summed E-state index contributed by atoms with van der Waals surface area (Å²) < 4.78 is 5.91. The van der Waals surface area contributed by atoms with Crippen LogP contribution in [-0.2, 0) is 4.79 Å². The average molecular weight is 358 g/mol. The Morgan fingerprint density at radius 3 is 2.59 bits per heavy atom. The molecule has 2 aromatic carbocycles. The predicted molar refractivity (Wildman–Crippen MR) is 110 cm³/mol. The lowest BCUT2D eigenvalue weighted by Gasteiger charge is -2.19. The van der Waals surface area contributed by atoms with Crippen LogP contribution in [0.4, 0.5) is 0 Å². The van der Waals surface area contributed by atoms with Crippen molar-refractivity contribution in [1.29, 1.82) is 0 Å². The molecule has 1 aliphatic rings. The topological polar surface area (TPSA) is 46.5 Å². The minimum Gasteiger partial charge on any atom is -0.488 e. The van der Waals surface area contributed by atoms with Crippen LogP contribution in [0.5, 0.6) is 5.75 Å². The molecule has 0 bridgehead atoms. The predicted octanol–water partition coefficient (Wildman–Crippen LogP) is 5.66. The second-order valence-electron chi connectivity index (χ2n) is 6.51. The van der Waals surface area contributed by atoms with Crippen molar-refractivity contribution in [2.24, 2.45) is 0 Å². The summed E-state index contributed by atoms with van der Waals surface area (Å²) in [6.07, 6.45) is 8.96. The van der Waals surface area contributed by atoms with E-state index in [9.17, 15) is 4.79 Å². The average Bonchev–Trinajstić information content (AvgIpc) is 2.67. The molecule has 27 heavy (non-hydrogen) atoms. The molecule has 3 rings (SSSR count). The number of rotatable bonds is 5. The quantitative estimate of drug-likeness (QED) is 0.554. The van der Waals surface area contributed by atoms with Gasteiger partial charge in [-0.3, -0.25) is 0 Å². The summed E-state index contributed by atoms with van der Waals surface area (Å²) in [7, 11) is 0. The molecule has 3 nitrogen and oxygen atoms in total. The first-order valence-corrected chi connectivity index (χ1v) is 8.82. The Hall–Kier alpha value is -3.33. The van der Waals surface area contributed by atoms with Crippen LogP contribution in [0.2, 0.25) is 0 Å². The Balaban J connectivity index is 1.83. The van der Waals surface area contributed by atoms with Gasteiger partial charge < -0.3 is 9.84 Å². The number of ether oxygens (including phenoxy) is 1. The number of benzene rings is 2. The van der Waals surface area contributed by atoms with Crippen molar-refractivity contribution in [3.05, 3.63) is 95.1 Å². The molecule has 1 heterocycles. The number of aliphatic carboxylic acids is 1. The lowest BCUT2D eigenvalue weighted by Crippen LogP contribution is -2.08. The van der Waals surface area contributed by atoms with Crippen LogP contribution in [0, 0.1) is 0 Å². The summed E-state index contributed by atoms with van der Waals surface area (Å²) in [6.45, 7) is 4.32. The van der Waals surface area contributed by atoms with E-state index in [-0.39, 0.29) is 0 Å². The zero-order valence-electron chi connectivity index (χ0n) is 15.5. The molecule has 2 aromatic rings. The Labute approximate surface area is 159 Å². The van der Waals surface area contributed by atoms with Gasteiger partial charge in [-0.2, -0.15) is 0 Å². The van der Waals surface area contributed by atoms with Gasteiger partial charge in [0.15, 0.2) is 0 Å². The summed E-state index contributed by atoms with van der Waals surface area (Å²) in [5.74, 6) is -0.0472. The van der Waals surface area contributed by atoms with Crippen molar-refractivity contribution in [2.75, 3.05) is 6.61 Å². The maximum atomic E-state index is 10.6. The summed E-state index contributed by atoms with van der Waals surface area (Å²) in [5, 5.41) is 8.74. The second-order valence-corrected chi connectivity index (χ2v) is 6.51. The van der Waals surface area contributed by atoms with Crippen LogP contribution in [0.3, 0.4) is 0 Å². The molecular formula is C24H22O3. The van der Waals surface area contributed by atoms with Crippen molar-refractivity contribution < 1.29 is 14.6 Å². The Kier molecular flexibility index (Phi) is 5.72. The molecule has 0 unspecified atom stereocenters. The Morgan fingerprint density at radius 2 is 1.85 bits per heavy atom. The molecule has 0 fully saturated rings. The standard InChI is InChI=1S/C24H22O3/c1-17(13-24(25)26)7-6-8-18(2)22-15-21-14-20(11-12-23(21)27-16-22)19-9-4-3-5-10-19/h3-15H,16H2,1-2H3,(H,25,26)/b7-6+,17-13-,18-8-. The minimum atomic E-state index is -0.938. The van der Waals surface area contributed by atoms with E-state index < -0.39 is 5.97 Å². The third-order valence-corrected chi connectivity index (χ3v) is 4.39. The van der Waals surface area contributed by atoms with Gasteiger partial charge in [0, 0.05) is 11.6 Å². The van der Waals surface area contributed by atoms with Gasteiger partial charge in [0.2, 0.25) is 0 Å². The Morgan fingerprint density at radius 1 is 1.07 bits per heavy atom. The molecule has 0 saturated carbocycles. The van der Waals surface area contributed by atoms with Gasteiger partial charge >= 0.3 is 5.97 Å². The number of allylic oxidation sites excluding steroid dienone is 4. The molecule has 0 aliphatic carbocycles. The van der Waals surface area contributed by atoms with E-state index in [0.29, 0.717) is 12.2 Å². The second kappa shape index (κ2) is 8.37. The molecule has 3 heteroatoms. The lowest BCUT2D eigenvalue weighted by molar-refractivity contribution is -0.131. The molecule has 136 valence electrons. The van der Waals surface area contributed by atoms with E-state index in [2.05, 4.69) is 30.3 Å². The summed E-state index contributed by atoms with van der Waals surface area (Å²) in [4.78, 5) is 10.6. The van der Waals surface area contributed by atoms with E-state index in [1.54, 1.807) is 13.0 Å². The first-order chi connectivity index (χ1) is 13.0. The highest BCUT2D eigenvalue weighted by atomic mass is 16.5. The van der Waals surface area contributed by atoms with Crippen LogP contribution in [0.25, 0.3) is 17.2 Å². The fourth-order valence-electron chi connectivity index (χ4n) is 2.91. The molecule has 0 atom stereocenters. The van der Waals surface area contributed by atoms with Gasteiger partial charge in [-0.05, 0) is 59.9 Å². The van der Waals surface area contributed by atoms with Crippen LogP contribution in [0.15, 0.2) is 89.6 Å². The van der Waals surface area contributed by atoms with Crippen LogP contribution in [-0.4, -0.2) is 17.7 Å². The third kappa shape index (κ3) is 4.85. The van der Waals surface area contributed by atoms with E-state index in [4.69, 9.17) is 9.84 Å². The number of carboxylic acid groups (broad SMARTS) is 1. The van der Waals surface area contributed by atoms with E-state index >= 15 is 0 Å². The number of fused-ring (bicyclic) bond motifs is 1. The third-order valence-electron chi connectivity index (χ3n) is 4.39. The highest BCUT2D eigenvalue weighted by Crippen LogP contribution is 2.32. The fraction of sp³-hybridized carbons (Fsp3) is 0.125. The number of hydrogen-bond acceptors (Lipinski definition) is 2. The van der Waals surface area contributed by atoms with E-state index in [1.165, 1.54) is 11.6 Å². The fourth-order valence-corrected chi connectivity index (χ4v) is 2.91. The highest BCUT2D eigenvalue weighted by Gasteiger charge is 2.13. The van der Waals surface area contributed by atoms with Crippen molar-refractivity contribution in [1.82, 2.24) is 0 Å². The van der Waals surface area contributed by atoms with Gasteiger partial charge in [0.05, 0.1) is 0 Å². The molecule has 0 saturated heterocycles. The van der Waals surface area contributed by atoms with Crippen LogP contribution >= 0.6 is 0 Å². The first-order valence-electron chi connectivity index (χ1n) is 8.82. The monoisotopic (exact) mass is 358 g/mol. The maximum absolute atomic E-state index is 10.6. The highest BCUT2D eigenvalue weighted by molar-refractivity contribution is 5.81. The normalized spacial score (nSPS) is 14.5. The van der Waals surface area contributed by atoms with Crippen LogP contribution in [0.1, 0.15) is 19.4 Å². The van der Waals surface area contributed by atoms with E-state index in [0.717, 1.165) is 28.0 Å². The van der Waals surface area contributed by atoms with Crippen molar-refractivity contribution in [3.63, 3.8) is 0 Å². The smallest absolute Gasteiger partial charge is 0.328 e. The molecule has 0 spiro atoms. The molecule has 1 N–H and O–H groups in total. The SMILES string of the molecule is CC(=C/C(=O)O)/C=C/C=C(/C)C1=Cc2cc(-c3ccccc3)ccc2OC1. The summed E-state index contributed by atoms with van der Waals surface area (Å²) >= 11 is 0. The number of hydrogen-bond donors (Lipinski definition) is 1. The van der Waals surface area contributed by atoms with Gasteiger partial charge in [0.25, 0.3) is 0 Å². The molecule has 1 aliphatic heterocycles. The van der Waals surface area contributed by atoms with Crippen LogP contribution < -0.4 is 4.74 Å². The first kappa shape index (κ1) is 18.5. The zero-order valence-corrected chi connectivity index (χ0v) is 15.5. The van der Waals surface area contributed by atoms with Crippen molar-refractivity contribution in [2.45, 2.75) is 13.8 Å². The molecule has 0 amide bonds. The van der Waals surface area contributed by atoms with Gasteiger partial charge in [-0.1, -0.05) is 54.6 Å². The molecular weight excluding hydrogens is 336 g/mol. The number of carboxylic acids is 1. The van der Waals surface area contributed by atoms with Gasteiger partial charge in [-0.15, -0.1) is 0 Å². The largest absolute Gasteiger partial charge is 0.488 e. The van der Waals surface area contributed by atoms with Crippen molar-refractivity contribution >= 4 is 12.0 Å². The van der Waals surface area contributed by atoms with Gasteiger partial charge in [-0.25, -0.2) is 4.79 Å². The molecule has 0 radical (unpaired) electrons. The number of carbonyl (C=O) groups is 1. The Bertz CT molecular complexity index is 960.